The molecule has 21 heavy (non-hydrogen) atoms. The maximum Gasteiger partial charge on any atom is 0.0587 e. The minimum absolute atomic E-state index is 0.489. The van der Waals surface area contributed by atoms with Crippen LogP contribution in [0.15, 0.2) is 54.6 Å². The Morgan fingerprint density at radius 3 is 2.43 bits per heavy atom. The maximum absolute atomic E-state index is 5.10. The summed E-state index contributed by atoms with van der Waals surface area (Å²) in [6, 6.07) is 19.6. The third-order valence-corrected chi connectivity index (χ3v) is 4.26. The molecule has 1 atom stereocenters. The van der Waals surface area contributed by atoms with E-state index in [-0.39, 0.29) is 0 Å². The van der Waals surface area contributed by atoms with Gasteiger partial charge in [-0.3, -0.25) is 0 Å². The van der Waals surface area contributed by atoms with Gasteiger partial charge >= 0.3 is 0 Å². The van der Waals surface area contributed by atoms with Crippen LogP contribution in [0.5, 0.6) is 0 Å². The Balaban J connectivity index is 2.02. The van der Waals surface area contributed by atoms with E-state index in [0.29, 0.717) is 5.92 Å². The Morgan fingerprint density at radius 1 is 1.05 bits per heavy atom. The molecule has 0 fully saturated rings. The van der Waals surface area contributed by atoms with Crippen LogP contribution >= 0.6 is 22.6 Å². The van der Waals surface area contributed by atoms with Crippen molar-refractivity contribution in [3.63, 3.8) is 0 Å². The average molecular weight is 395 g/mol. The molecular weight excluding hydrogens is 373 g/mol. The zero-order chi connectivity index (χ0) is 14.9. The fourth-order valence-electron chi connectivity index (χ4n) is 2.39. The van der Waals surface area contributed by atoms with Gasteiger partial charge in [-0.1, -0.05) is 42.5 Å². The van der Waals surface area contributed by atoms with Crippen LogP contribution in [0.4, 0.5) is 0 Å². The Labute approximate surface area is 141 Å². The predicted molar refractivity (Wildman–Crippen MR) is 96.8 cm³/mol. The van der Waals surface area contributed by atoms with Gasteiger partial charge < -0.3 is 10.1 Å². The van der Waals surface area contributed by atoms with Gasteiger partial charge in [0, 0.05) is 29.7 Å². The second-order valence-electron chi connectivity index (χ2n) is 5.14. The lowest BCUT2D eigenvalue weighted by Gasteiger charge is -2.18. The fraction of sp³-hybridized carbons (Fsp3) is 0.333. The second-order valence-corrected chi connectivity index (χ2v) is 6.38. The van der Waals surface area contributed by atoms with E-state index in [4.69, 9.17) is 4.74 Å². The smallest absolute Gasteiger partial charge is 0.0587 e. The molecule has 0 saturated heterocycles. The molecule has 3 heteroatoms. The lowest BCUT2D eigenvalue weighted by Crippen LogP contribution is -2.26. The molecule has 112 valence electrons. The third kappa shape index (κ3) is 5.77. The molecule has 2 rings (SSSR count). The molecule has 0 aromatic heterocycles. The summed E-state index contributed by atoms with van der Waals surface area (Å²) in [6.45, 7) is 2.62. The van der Waals surface area contributed by atoms with Gasteiger partial charge in [0.15, 0.2) is 0 Å². The molecule has 0 aliphatic heterocycles. The SMILES string of the molecule is COCCNCC(Cc1ccc(I)cc1)c1ccccc1. The van der Waals surface area contributed by atoms with E-state index in [0.717, 1.165) is 26.1 Å². The van der Waals surface area contributed by atoms with Crippen LogP contribution in [0.25, 0.3) is 0 Å². The number of halogens is 1. The zero-order valence-corrected chi connectivity index (χ0v) is 14.5. The van der Waals surface area contributed by atoms with Crippen molar-refractivity contribution in [2.45, 2.75) is 12.3 Å². The van der Waals surface area contributed by atoms with E-state index in [1.165, 1.54) is 14.7 Å². The first-order chi connectivity index (χ1) is 10.3. The quantitative estimate of drug-likeness (QED) is 0.542. The van der Waals surface area contributed by atoms with Crippen LogP contribution in [-0.4, -0.2) is 26.8 Å². The largest absolute Gasteiger partial charge is 0.383 e. The summed E-state index contributed by atoms with van der Waals surface area (Å²) >= 11 is 2.35. The highest BCUT2D eigenvalue weighted by Crippen LogP contribution is 2.21. The molecule has 1 N–H and O–H groups in total. The van der Waals surface area contributed by atoms with Crippen LogP contribution in [0, 0.1) is 3.57 Å². The molecule has 0 amide bonds. The lowest BCUT2D eigenvalue weighted by molar-refractivity contribution is 0.199. The minimum atomic E-state index is 0.489. The van der Waals surface area contributed by atoms with Crippen molar-refractivity contribution in [3.8, 4) is 0 Å². The summed E-state index contributed by atoms with van der Waals surface area (Å²) in [5.74, 6) is 0.489. The first-order valence-electron chi connectivity index (χ1n) is 7.28. The summed E-state index contributed by atoms with van der Waals surface area (Å²) in [5.41, 5.74) is 2.78. The van der Waals surface area contributed by atoms with Crippen molar-refractivity contribution in [1.29, 1.82) is 0 Å². The van der Waals surface area contributed by atoms with Gasteiger partial charge in [0.25, 0.3) is 0 Å². The molecule has 1 unspecified atom stereocenters. The molecule has 0 aliphatic rings. The molecule has 2 aromatic rings. The van der Waals surface area contributed by atoms with Crippen molar-refractivity contribution in [1.82, 2.24) is 5.32 Å². The van der Waals surface area contributed by atoms with Gasteiger partial charge in [0.05, 0.1) is 6.61 Å². The van der Waals surface area contributed by atoms with Gasteiger partial charge in [-0.2, -0.15) is 0 Å². The highest BCUT2D eigenvalue weighted by molar-refractivity contribution is 14.1. The normalized spacial score (nSPS) is 12.3. The summed E-state index contributed by atoms with van der Waals surface area (Å²) in [7, 11) is 1.74. The van der Waals surface area contributed by atoms with Gasteiger partial charge in [-0.25, -0.2) is 0 Å². The molecular formula is C18H22INO. The van der Waals surface area contributed by atoms with Crippen LogP contribution < -0.4 is 5.32 Å². The van der Waals surface area contributed by atoms with Gasteiger partial charge in [0.2, 0.25) is 0 Å². The Kier molecular flexibility index (Phi) is 7.19. The Hall–Kier alpha value is -0.910. The van der Waals surface area contributed by atoms with Crippen molar-refractivity contribution >= 4 is 22.6 Å². The highest BCUT2D eigenvalue weighted by Gasteiger charge is 2.11. The van der Waals surface area contributed by atoms with Crippen LogP contribution in [0.1, 0.15) is 17.0 Å². The number of hydrogen-bond acceptors (Lipinski definition) is 2. The molecule has 2 nitrogen and oxygen atoms in total. The number of methoxy groups -OCH3 is 1. The molecule has 0 spiro atoms. The monoisotopic (exact) mass is 395 g/mol. The molecule has 0 bridgehead atoms. The maximum atomic E-state index is 5.10. The first kappa shape index (κ1) is 16.5. The average Bonchev–Trinajstić information content (AvgIpc) is 2.53. The van der Waals surface area contributed by atoms with E-state index >= 15 is 0 Å². The number of ether oxygens (including phenoxy) is 1. The van der Waals surface area contributed by atoms with Gasteiger partial charge in [-0.15, -0.1) is 0 Å². The van der Waals surface area contributed by atoms with E-state index in [1.807, 2.05) is 0 Å². The number of benzene rings is 2. The molecule has 0 heterocycles. The van der Waals surface area contributed by atoms with E-state index in [9.17, 15) is 0 Å². The third-order valence-electron chi connectivity index (χ3n) is 3.54. The number of nitrogens with one attached hydrogen (secondary N) is 1. The number of rotatable bonds is 8. The molecule has 0 saturated carbocycles. The van der Waals surface area contributed by atoms with E-state index in [2.05, 4.69) is 82.5 Å². The van der Waals surface area contributed by atoms with E-state index < -0.39 is 0 Å². The Morgan fingerprint density at radius 2 is 1.76 bits per heavy atom. The predicted octanol–water partition coefficient (Wildman–Crippen LogP) is 3.85. The fourth-order valence-corrected chi connectivity index (χ4v) is 2.75. The van der Waals surface area contributed by atoms with Crippen LogP contribution in [-0.2, 0) is 11.2 Å². The lowest BCUT2D eigenvalue weighted by atomic mass is 9.92. The van der Waals surface area contributed by atoms with Crippen LogP contribution in [0.2, 0.25) is 0 Å². The molecule has 2 aromatic carbocycles. The van der Waals surface area contributed by atoms with Crippen molar-refractivity contribution in [2.75, 3.05) is 26.8 Å². The van der Waals surface area contributed by atoms with Gasteiger partial charge in [0.1, 0.15) is 0 Å². The second kappa shape index (κ2) is 9.18. The topological polar surface area (TPSA) is 21.3 Å². The van der Waals surface area contributed by atoms with Crippen molar-refractivity contribution < 1.29 is 4.74 Å². The van der Waals surface area contributed by atoms with E-state index in [1.54, 1.807) is 7.11 Å². The summed E-state index contributed by atoms with van der Waals surface area (Å²) in [4.78, 5) is 0. The van der Waals surface area contributed by atoms with Gasteiger partial charge in [-0.05, 0) is 52.3 Å². The van der Waals surface area contributed by atoms with Crippen LogP contribution in [0.3, 0.4) is 0 Å². The van der Waals surface area contributed by atoms with Crippen molar-refractivity contribution in [3.05, 3.63) is 69.3 Å². The molecule has 0 radical (unpaired) electrons. The highest BCUT2D eigenvalue weighted by atomic mass is 127. The summed E-state index contributed by atoms with van der Waals surface area (Å²) in [5, 5.41) is 3.49. The Bertz CT molecular complexity index is 513. The standard InChI is InChI=1S/C18H22INO/c1-21-12-11-20-14-17(16-5-3-2-4-6-16)13-15-7-9-18(19)10-8-15/h2-10,17,20H,11-14H2,1H3. The van der Waals surface area contributed by atoms with Crippen molar-refractivity contribution in [2.24, 2.45) is 0 Å². The first-order valence-corrected chi connectivity index (χ1v) is 8.36. The number of hydrogen-bond donors (Lipinski definition) is 1. The summed E-state index contributed by atoms with van der Waals surface area (Å²) < 4.78 is 6.38. The minimum Gasteiger partial charge on any atom is -0.383 e. The molecule has 0 aliphatic carbocycles. The summed E-state index contributed by atoms with van der Waals surface area (Å²) in [6.07, 6.45) is 1.06. The zero-order valence-electron chi connectivity index (χ0n) is 12.4.